The first-order valence-corrected chi connectivity index (χ1v) is 5.77. The van der Waals surface area contributed by atoms with Gasteiger partial charge in [-0.2, -0.15) is 0 Å². The number of halogens is 2. The van der Waals surface area contributed by atoms with E-state index in [1.54, 1.807) is 24.4 Å². The van der Waals surface area contributed by atoms with Crippen LogP contribution in [0.25, 0.3) is 0 Å². The van der Waals surface area contributed by atoms with E-state index < -0.39 is 0 Å². The predicted octanol–water partition coefficient (Wildman–Crippen LogP) is 3.23. The molecular weight excluding hydrogens is 287 g/mol. The van der Waals surface area contributed by atoms with Crippen molar-refractivity contribution in [1.82, 2.24) is 4.98 Å². The molecule has 2 N–H and O–H groups in total. The van der Waals surface area contributed by atoms with E-state index in [0.717, 1.165) is 0 Å². The lowest BCUT2D eigenvalue weighted by Crippen LogP contribution is -2.02. The Morgan fingerprint density at radius 1 is 1.29 bits per heavy atom. The van der Waals surface area contributed by atoms with Crippen molar-refractivity contribution in [3.05, 3.63) is 52.5 Å². The largest absolute Gasteiger partial charge is 0.454 e. The van der Waals surface area contributed by atoms with Gasteiger partial charge >= 0.3 is 0 Å². The van der Waals surface area contributed by atoms with Crippen molar-refractivity contribution in [2.24, 2.45) is 5.73 Å². The molecule has 0 aliphatic carbocycles. The summed E-state index contributed by atoms with van der Waals surface area (Å²) in [7, 11) is 0. The van der Waals surface area contributed by atoms with Gasteiger partial charge in [0.05, 0.1) is 10.2 Å². The van der Waals surface area contributed by atoms with Crippen molar-refractivity contribution >= 4 is 15.9 Å². The summed E-state index contributed by atoms with van der Waals surface area (Å²) in [5, 5.41) is 0. The average molecular weight is 297 g/mol. The molecule has 0 saturated carbocycles. The van der Waals surface area contributed by atoms with E-state index in [-0.39, 0.29) is 12.4 Å². The molecule has 0 saturated heterocycles. The van der Waals surface area contributed by atoms with Crippen LogP contribution in [-0.4, -0.2) is 4.98 Å². The van der Waals surface area contributed by atoms with Crippen LogP contribution in [0.2, 0.25) is 0 Å². The number of nitrogens with two attached hydrogens (primary N) is 1. The molecule has 0 unspecified atom stereocenters. The molecule has 0 atom stereocenters. The Bertz CT molecular complexity index is 534. The molecule has 5 heteroatoms. The number of hydrogen-bond donors (Lipinski definition) is 1. The Labute approximate surface area is 107 Å². The lowest BCUT2D eigenvalue weighted by molar-refractivity contribution is 0.464. The molecule has 88 valence electrons. The van der Waals surface area contributed by atoms with Gasteiger partial charge < -0.3 is 10.5 Å². The number of nitrogens with zero attached hydrogens (tertiary/aromatic N) is 1. The van der Waals surface area contributed by atoms with Crippen LogP contribution in [0.3, 0.4) is 0 Å². The Balaban J connectivity index is 2.34. The monoisotopic (exact) mass is 296 g/mol. The maximum absolute atomic E-state index is 13.1. The summed E-state index contributed by atoms with van der Waals surface area (Å²) in [5.41, 5.74) is 6.17. The molecule has 1 heterocycles. The third-order valence-corrected chi connectivity index (χ3v) is 2.81. The fraction of sp³-hybridized carbons (Fsp3) is 0.0833. The Kier molecular flexibility index (Phi) is 3.71. The molecule has 0 bridgehead atoms. The maximum atomic E-state index is 13.1. The summed E-state index contributed by atoms with van der Waals surface area (Å²) in [5.74, 6) is 0.565. The highest BCUT2D eigenvalue weighted by molar-refractivity contribution is 9.10. The van der Waals surface area contributed by atoms with Crippen LogP contribution in [0.5, 0.6) is 11.5 Å². The van der Waals surface area contributed by atoms with Gasteiger partial charge in [0, 0.05) is 18.8 Å². The summed E-state index contributed by atoms with van der Waals surface area (Å²) < 4.78 is 19.3. The SMILES string of the molecule is NCc1ncccc1Oc1cc(F)ccc1Br. The summed E-state index contributed by atoms with van der Waals surface area (Å²) in [4.78, 5) is 4.09. The maximum Gasteiger partial charge on any atom is 0.150 e. The first-order valence-electron chi connectivity index (χ1n) is 4.97. The molecule has 17 heavy (non-hydrogen) atoms. The van der Waals surface area contributed by atoms with Gasteiger partial charge in [0.2, 0.25) is 0 Å². The Hall–Kier alpha value is -1.46. The standard InChI is InChI=1S/C12H10BrFN2O/c13-9-4-3-8(14)6-12(9)17-11-2-1-5-16-10(11)7-15/h1-6H,7,15H2. The number of benzene rings is 1. The van der Waals surface area contributed by atoms with Crippen molar-refractivity contribution < 1.29 is 9.13 Å². The molecule has 0 spiro atoms. The van der Waals surface area contributed by atoms with Crippen molar-refractivity contribution in [2.75, 3.05) is 0 Å². The highest BCUT2D eigenvalue weighted by Gasteiger charge is 2.08. The van der Waals surface area contributed by atoms with Crippen LogP contribution in [0, 0.1) is 5.82 Å². The number of aromatic nitrogens is 1. The van der Waals surface area contributed by atoms with Gasteiger partial charge in [-0.3, -0.25) is 4.98 Å². The fourth-order valence-corrected chi connectivity index (χ4v) is 1.67. The third-order valence-electron chi connectivity index (χ3n) is 2.15. The minimum absolute atomic E-state index is 0.267. The normalized spacial score (nSPS) is 10.3. The summed E-state index contributed by atoms with van der Waals surface area (Å²) in [6, 6.07) is 7.72. The van der Waals surface area contributed by atoms with E-state index >= 15 is 0 Å². The average Bonchev–Trinajstić information content (AvgIpc) is 2.34. The smallest absolute Gasteiger partial charge is 0.150 e. The van der Waals surface area contributed by atoms with Crippen molar-refractivity contribution in [3.8, 4) is 11.5 Å². The summed E-state index contributed by atoms with van der Waals surface area (Å²) >= 11 is 3.29. The molecule has 0 aliphatic rings. The van der Waals surface area contributed by atoms with E-state index in [4.69, 9.17) is 10.5 Å². The molecule has 2 rings (SSSR count). The van der Waals surface area contributed by atoms with Crippen LogP contribution >= 0.6 is 15.9 Å². The molecule has 0 radical (unpaired) electrons. The Morgan fingerprint density at radius 2 is 2.12 bits per heavy atom. The second-order valence-corrected chi connectivity index (χ2v) is 4.18. The lowest BCUT2D eigenvalue weighted by atomic mass is 10.3. The fourth-order valence-electron chi connectivity index (χ4n) is 1.34. The van der Waals surface area contributed by atoms with Crippen molar-refractivity contribution in [3.63, 3.8) is 0 Å². The zero-order valence-corrected chi connectivity index (χ0v) is 10.4. The van der Waals surface area contributed by atoms with Gasteiger partial charge in [-0.05, 0) is 40.2 Å². The quantitative estimate of drug-likeness (QED) is 0.946. The zero-order chi connectivity index (χ0) is 12.3. The zero-order valence-electron chi connectivity index (χ0n) is 8.86. The minimum Gasteiger partial charge on any atom is -0.454 e. The van der Waals surface area contributed by atoms with Crippen LogP contribution in [-0.2, 0) is 6.54 Å². The van der Waals surface area contributed by atoms with Crippen LogP contribution in [0.1, 0.15) is 5.69 Å². The molecule has 2 aromatic rings. The summed E-state index contributed by atoms with van der Waals surface area (Å²) in [6.07, 6.45) is 1.63. The van der Waals surface area contributed by atoms with Crippen LogP contribution in [0.15, 0.2) is 41.0 Å². The minimum atomic E-state index is -0.360. The number of rotatable bonds is 3. The second-order valence-electron chi connectivity index (χ2n) is 3.33. The number of ether oxygens (including phenoxy) is 1. The Morgan fingerprint density at radius 3 is 2.88 bits per heavy atom. The van der Waals surface area contributed by atoms with E-state index in [2.05, 4.69) is 20.9 Å². The van der Waals surface area contributed by atoms with Gasteiger partial charge in [0.15, 0.2) is 0 Å². The number of pyridine rings is 1. The van der Waals surface area contributed by atoms with Gasteiger partial charge in [-0.15, -0.1) is 0 Å². The van der Waals surface area contributed by atoms with Crippen LogP contribution < -0.4 is 10.5 Å². The third kappa shape index (κ3) is 2.81. The molecule has 0 aliphatic heterocycles. The van der Waals surface area contributed by atoms with E-state index in [0.29, 0.717) is 21.7 Å². The van der Waals surface area contributed by atoms with Crippen molar-refractivity contribution in [2.45, 2.75) is 6.54 Å². The molecular formula is C12H10BrFN2O. The van der Waals surface area contributed by atoms with Gasteiger partial charge in [-0.25, -0.2) is 4.39 Å². The van der Waals surface area contributed by atoms with Crippen LogP contribution in [0.4, 0.5) is 4.39 Å². The first kappa shape index (κ1) is 12.0. The van der Waals surface area contributed by atoms with Gasteiger partial charge in [-0.1, -0.05) is 0 Å². The molecule has 1 aromatic heterocycles. The van der Waals surface area contributed by atoms with E-state index in [9.17, 15) is 4.39 Å². The van der Waals surface area contributed by atoms with Gasteiger partial charge in [0.25, 0.3) is 0 Å². The van der Waals surface area contributed by atoms with Crippen molar-refractivity contribution in [1.29, 1.82) is 0 Å². The first-order chi connectivity index (χ1) is 8.20. The van der Waals surface area contributed by atoms with E-state index in [1.165, 1.54) is 12.1 Å². The lowest BCUT2D eigenvalue weighted by Gasteiger charge is -2.10. The number of hydrogen-bond acceptors (Lipinski definition) is 3. The molecule has 1 aromatic carbocycles. The topological polar surface area (TPSA) is 48.1 Å². The molecule has 3 nitrogen and oxygen atoms in total. The van der Waals surface area contributed by atoms with Gasteiger partial charge in [0.1, 0.15) is 17.3 Å². The summed E-state index contributed by atoms with van der Waals surface area (Å²) in [6.45, 7) is 0.267. The molecule has 0 amide bonds. The van der Waals surface area contributed by atoms with E-state index in [1.807, 2.05) is 0 Å². The molecule has 0 fully saturated rings. The second kappa shape index (κ2) is 5.25. The highest BCUT2D eigenvalue weighted by Crippen LogP contribution is 2.31. The predicted molar refractivity (Wildman–Crippen MR) is 66.3 cm³/mol. The highest BCUT2D eigenvalue weighted by atomic mass is 79.9.